The van der Waals surface area contributed by atoms with Gasteiger partial charge in [-0.1, -0.05) is 0 Å². The lowest BCUT2D eigenvalue weighted by Gasteiger charge is -2.09. The summed E-state index contributed by atoms with van der Waals surface area (Å²) in [5, 5.41) is 13.4. The number of hydrogen-bond donors (Lipinski definition) is 1. The molecule has 3 aromatic rings. The molecule has 0 fully saturated rings. The number of aromatic nitrogens is 2. The molecule has 0 aliphatic heterocycles. The monoisotopic (exact) mass is 326 g/mol. The third kappa shape index (κ3) is 2.86. The summed E-state index contributed by atoms with van der Waals surface area (Å²) in [4.78, 5) is 11.3. The van der Waals surface area contributed by atoms with Gasteiger partial charge < -0.3 is 9.84 Å². The minimum atomic E-state index is -1.12. The fourth-order valence-electron chi connectivity index (χ4n) is 2.42. The zero-order valence-corrected chi connectivity index (χ0v) is 13.2. The van der Waals surface area contributed by atoms with Gasteiger partial charge in [0.15, 0.2) is 5.69 Å². The number of aryl methyl sites for hydroxylation is 1. The van der Waals surface area contributed by atoms with E-state index < -0.39 is 5.97 Å². The Labute approximate surface area is 137 Å². The van der Waals surface area contributed by atoms with Gasteiger partial charge in [-0.05, 0) is 61.0 Å². The lowest BCUT2D eigenvalue weighted by molar-refractivity contribution is 0.0690. The van der Waals surface area contributed by atoms with Crippen LogP contribution in [0.15, 0.2) is 48.5 Å². The molecule has 1 aromatic heterocycles. The van der Waals surface area contributed by atoms with Crippen LogP contribution in [0.3, 0.4) is 0 Å². The molecule has 122 valence electrons. The molecule has 0 amide bonds. The molecule has 0 saturated heterocycles. The summed E-state index contributed by atoms with van der Waals surface area (Å²) < 4.78 is 20.2. The first-order valence-corrected chi connectivity index (χ1v) is 7.24. The second-order valence-electron chi connectivity index (χ2n) is 5.29. The topological polar surface area (TPSA) is 64.4 Å². The van der Waals surface area contributed by atoms with Gasteiger partial charge in [-0.2, -0.15) is 5.10 Å². The molecule has 0 saturated carbocycles. The molecule has 2 aromatic carbocycles. The van der Waals surface area contributed by atoms with Gasteiger partial charge in [0.2, 0.25) is 0 Å². The lowest BCUT2D eigenvalue weighted by Crippen LogP contribution is -2.02. The Kier molecular flexibility index (Phi) is 4.04. The molecule has 0 aliphatic carbocycles. The van der Waals surface area contributed by atoms with Crippen LogP contribution in [-0.2, 0) is 0 Å². The van der Waals surface area contributed by atoms with Crippen molar-refractivity contribution in [3.05, 3.63) is 65.6 Å². The summed E-state index contributed by atoms with van der Waals surface area (Å²) in [6.07, 6.45) is 0. The summed E-state index contributed by atoms with van der Waals surface area (Å²) in [5.41, 5.74) is 2.33. The number of carboxylic acid groups (broad SMARTS) is 1. The van der Waals surface area contributed by atoms with E-state index in [-0.39, 0.29) is 11.5 Å². The maximum atomic E-state index is 13.5. The summed E-state index contributed by atoms with van der Waals surface area (Å²) >= 11 is 0. The van der Waals surface area contributed by atoms with Crippen LogP contribution in [0, 0.1) is 12.7 Å². The summed E-state index contributed by atoms with van der Waals surface area (Å²) in [6, 6.07) is 13.2. The second kappa shape index (κ2) is 6.16. The quantitative estimate of drug-likeness (QED) is 0.794. The van der Waals surface area contributed by atoms with Crippen LogP contribution in [0.5, 0.6) is 5.75 Å². The zero-order valence-electron chi connectivity index (χ0n) is 13.2. The van der Waals surface area contributed by atoms with E-state index in [1.807, 2.05) is 0 Å². The van der Waals surface area contributed by atoms with Crippen molar-refractivity contribution in [1.29, 1.82) is 0 Å². The van der Waals surface area contributed by atoms with Crippen LogP contribution in [0.4, 0.5) is 4.39 Å². The van der Waals surface area contributed by atoms with E-state index in [1.165, 1.54) is 16.8 Å². The molecule has 1 heterocycles. The Balaban J connectivity index is 2.16. The molecular weight excluding hydrogens is 311 g/mol. The lowest BCUT2D eigenvalue weighted by atomic mass is 10.1. The van der Waals surface area contributed by atoms with Gasteiger partial charge in [0.25, 0.3) is 0 Å². The number of hydrogen-bond acceptors (Lipinski definition) is 3. The average Bonchev–Trinajstić information content (AvgIpc) is 3.03. The summed E-state index contributed by atoms with van der Waals surface area (Å²) in [7, 11) is 1.57. The van der Waals surface area contributed by atoms with Crippen molar-refractivity contribution in [2.45, 2.75) is 6.92 Å². The molecule has 3 rings (SSSR count). The van der Waals surface area contributed by atoms with Crippen molar-refractivity contribution in [1.82, 2.24) is 9.78 Å². The molecular formula is C18H15FN2O3. The Bertz CT molecular complexity index is 901. The smallest absolute Gasteiger partial charge is 0.356 e. The minimum absolute atomic E-state index is 0.0807. The molecule has 0 radical (unpaired) electrons. The van der Waals surface area contributed by atoms with Gasteiger partial charge in [0.05, 0.1) is 18.5 Å². The van der Waals surface area contributed by atoms with Crippen LogP contribution >= 0.6 is 0 Å². The summed E-state index contributed by atoms with van der Waals surface area (Å²) in [5.74, 6) is -0.751. The molecule has 0 bridgehead atoms. The Hall–Kier alpha value is -3.15. The second-order valence-corrected chi connectivity index (χ2v) is 5.29. The maximum Gasteiger partial charge on any atom is 0.356 e. The van der Waals surface area contributed by atoms with Gasteiger partial charge in [0.1, 0.15) is 11.6 Å². The highest BCUT2D eigenvalue weighted by Crippen LogP contribution is 2.26. The number of carboxylic acids is 1. The molecule has 0 atom stereocenters. The van der Waals surface area contributed by atoms with E-state index in [0.717, 1.165) is 0 Å². The third-order valence-corrected chi connectivity index (χ3v) is 3.70. The standard InChI is InChI=1S/C18H15FN2O3/c1-11-9-12(3-8-15(11)19)17-10-16(18(22)23)20-21(17)13-4-6-14(24-2)7-5-13/h3-10H,1-2H3,(H,22,23). The number of aromatic carboxylic acids is 1. The first-order chi connectivity index (χ1) is 11.5. The first kappa shape index (κ1) is 15.7. The number of rotatable bonds is 4. The van der Waals surface area contributed by atoms with Crippen LogP contribution < -0.4 is 4.74 Å². The molecule has 0 spiro atoms. The number of nitrogens with zero attached hydrogens (tertiary/aromatic N) is 2. The van der Waals surface area contributed by atoms with Gasteiger partial charge in [-0.15, -0.1) is 0 Å². The van der Waals surface area contributed by atoms with E-state index in [9.17, 15) is 14.3 Å². The van der Waals surface area contributed by atoms with Crippen molar-refractivity contribution >= 4 is 5.97 Å². The van der Waals surface area contributed by atoms with E-state index in [4.69, 9.17) is 4.74 Å². The van der Waals surface area contributed by atoms with E-state index in [0.29, 0.717) is 28.3 Å². The number of benzene rings is 2. The van der Waals surface area contributed by atoms with Crippen LogP contribution in [-0.4, -0.2) is 28.0 Å². The van der Waals surface area contributed by atoms with E-state index >= 15 is 0 Å². The Morgan fingerprint density at radius 1 is 1.17 bits per heavy atom. The number of ether oxygens (including phenoxy) is 1. The van der Waals surface area contributed by atoms with Crippen molar-refractivity contribution in [2.75, 3.05) is 7.11 Å². The van der Waals surface area contributed by atoms with Crippen LogP contribution in [0.25, 0.3) is 16.9 Å². The fraction of sp³-hybridized carbons (Fsp3) is 0.111. The van der Waals surface area contributed by atoms with Crippen molar-refractivity contribution in [3.63, 3.8) is 0 Å². The van der Waals surface area contributed by atoms with Gasteiger partial charge in [-0.3, -0.25) is 0 Å². The zero-order chi connectivity index (χ0) is 17.3. The Morgan fingerprint density at radius 2 is 1.88 bits per heavy atom. The predicted octanol–water partition coefficient (Wildman–Crippen LogP) is 3.69. The molecule has 1 N–H and O–H groups in total. The minimum Gasteiger partial charge on any atom is -0.497 e. The van der Waals surface area contributed by atoms with Gasteiger partial charge in [-0.25, -0.2) is 13.9 Å². The summed E-state index contributed by atoms with van der Waals surface area (Å²) in [6.45, 7) is 1.66. The molecule has 24 heavy (non-hydrogen) atoms. The molecule has 5 nitrogen and oxygen atoms in total. The number of carbonyl (C=O) groups is 1. The Morgan fingerprint density at radius 3 is 2.46 bits per heavy atom. The average molecular weight is 326 g/mol. The van der Waals surface area contributed by atoms with Crippen molar-refractivity contribution in [3.8, 4) is 22.7 Å². The van der Waals surface area contributed by atoms with E-state index in [2.05, 4.69) is 5.10 Å². The third-order valence-electron chi connectivity index (χ3n) is 3.70. The van der Waals surface area contributed by atoms with Crippen molar-refractivity contribution in [2.24, 2.45) is 0 Å². The maximum absolute atomic E-state index is 13.5. The van der Waals surface area contributed by atoms with Crippen molar-refractivity contribution < 1.29 is 19.0 Å². The normalized spacial score (nSPS) is 10.6. The number of halogens is 1. The molecule has 6 heteroatoms. The van der Waals surface area contributed by atoms with Gasteiger partial charge in [0, 0.05) is 5.56 Å². The molecule has 0 unspecified atom stereocenters. The largest absolute Gasteiger partial charge is 0.497 e. The predicted molar refractivity (Wildman–Crippen MR) is 87.2 cm³/mol. The van der Waals surface area contributed by atoms with Gasteiger partial charge >= 0.3 is 5.97 Å². The van der Waals surface area contributed by atoms with Crippen LogP contribution in [0.1, 0.15) is 16.1 Å². The number of methoxy groups -OCH3 is 1. The SMILES string of the molecule is COc1ccc(-n2nc(C(=O)O)cc2-c2ccc(F)c(C)c2)cc1. The fourth-order valence-corrected chi connectivity index (χ4v) is 2.42. The molecule has 0 aliphatic rings. The highest BCUT2D eigenvalue weighted by Gasteiger charge is 2.16. The van der Waals surface area contributed by atoms with E-state index in [1.54, 1.807) is 50.4 Å². The van der Waals surface area contributed by atoms with Crippen LogP contribution in [0.2, 0.25) is 0 Å². The first-order valence-electron chi connectivity index (χ1n) is 7.24. The highest BCUT2D eigenvalue weighted by atomic mass is 19.1. The highest BCUT2D eigenvalue weighted by molar-refractivity contribution is 5.87.